The van der Waals surface area contributed by atoms with Gasteiger partial charge in [0.05, 0.1) is 11.8 Å². The Hall–Kier alpha value is -1.17. The maximum Gasteiger partial charge on any atom is 0.211 e. The van der Waals surface area contributed by atoms with Crippen LogP contribution in [0, 0.1) is 11.3 Å². The number of rotatable bonds is 3. The van der Waals surface area contributed by atoms with E-state index in [1.165, 1.54) is 10.6 Å². The van der Waals surface area contributed by atoms with Gasteiger partial charge in [-0.05, 0) is 34.8 Å². The Labute approximate surface area is 133 Å². The Morgan fingerprint density at radius 2 is 2.10 bits per heavy atom. The lowest BCUT2D eigenvalue weighted by Crippen LogP contribution is -2.45. The van der Waals surface area contributed by atoms with Gasteiger partial charge in [0.2, 0.25) is 10.0 Å². The molecule has 1 aromatic rings. The first kappa shape index (κ1) is 16.2. The molecule has 1 saturated heterocycles. The Morgan fingerprint density at radius 1 is 1.48 bits per heavy atom. The normalized spacial score (nSPS) is 17.0. The monoisotopic (exact) mass is 372 g/mol. The number of piperidine rings is 1. The van der Waals surface area contributed by atoms with Gasteiger partial charge in [-0.15, -0.1) is 0 Å². The van der Waals surface area contributed by atoms with E-state index in [0.717, 1.165) is 17.3 Å². The van der Waals surface area contributed by atoms with Crippen LogP contribution < -0.4 is 4.90 Å². The highest BCUT2D eigenvalue weighted by molar-refractivity contribution is 9.10. The Bertz CT molecular complexity index is 663. The standard InChI is InChI=1S/C13H17BrN4O2S/c1-17(21(2,19)20)12-3-5-18(6-4-12)13-10(8-15)7-11(14)9-16-13/h7,9,12H,3-6H2,1-2H3. The van der Waals surface area contributed by atoms with Gasteiger partial charge >= 0.3 is 0 Å². The van der Waals surface area contributed by atoms with Gasteiger partial charge < -0.3 is 4.90 Å². The second-order valence-corrected chi connectivity index (χ2v) is 8.09. The van der Waals surface area contributed by atoms with Crippen LogP contribution in [0.5, 0.6) is 0 Å². The summed E-state index contributed by atoms with van der Waals surface area (Å²) in [5, 5.41) is 9.20. The van der Waals surface area contributed by atoms with Crippen LogP contribution in [-0.2, 0) is 10.0 Å². The summed E-state index contributed by atoms with van der Waals surface area (Å²) < 4.78 is 25.4. The van der Waals surface area contributed by atoms with Crippen LogP contribution in [0.4, 0.5) is 5.82 Å². The van der Waals surface area contributed by atoms with Crippen LogP contribution in [0.2, 0.25) is 0 Å². The van der Waals surface area contributed by atoms with E-state index in [1.54, 1.807) is 19.3 Å². The summed E-state index contributed by atoms with van der Waals surface area (Å²) in [6.45, 7) is 1.38. The quantitative estimate of drug-likeness (QED) is 0.804. The SMILES string of the molecule is CN(C1CCN(c2ncc(Br)cc2C#N)CC1)S(C)(=O)=O. The smallest absolute Gasteiger partial charge is 0.211 e. The first-order valence-electron chi connectivity index (χ1n) is 6.56. The Kier molecular flexibility index (Phi) is 4.86. The second-order valence-electron chi connectivity index (χ2n) is 5.13. The van der Waals surface area contributed by atoms with Crippen molar-refractivity contribution in [3.63, 3.8) is 0 Å². The fourth-order valence-electron chi connectivity index (χ4n) is 2.48. The van der Waals surface area contributed by atoms with Gasteiger partial charge in [-0.3, -0.25) is 0 Å². The molecule has 21 heavy (non-hydrogen) atoms. The molecule has 0 N–H and O–H groups in total. The van der Waals surface area contributed by atoms with Gasteiger partial charge in [-0.2, -0.15) is 5.26 Å². The number of nitrogens with zero attached hydrogens (tertiary/aromatic N) is 4. The van der Waals surface area contributed by atoms with Gasteiger partial charge in [0.25, 0.3) is 0 Å². The van der Waals surface area contributed by atoms with Crippen molar-refractivity contribution >= 4 is 31.8 Å². The summed E-state index contributed by atoms with van der Waals surface area (Å²) in [4.78, 5) is 6.36. The fourth-order valence-corrected chi connectivity index (χ4v) is 3.56. The molecule has 0 unspecified atom stereocenters. The van der Waals surface area contributed by atoms with Crippen molar-refractivity contribution < 1.29 is 8.42 Å². The summed E-state index contributed by atoms with van der Waals surface area (Å²) in [5.41, 5.74) is 0.527. The van der Waals surface area contributed by atoms with Gasteiger partial charge in [-0.1, -0.05) is 0 Å². The van der Waals surface area contributed by atoms with Crippen molar-refractivity contribution in [1.29, 1.82) is 5.26 Å². The molecule has 1 aliphatic heterocycles. The first-order chi connectivity index (χ1) is 9.82. The molecule has 2 heterocycles. The highest BCUT2D eigenvalue weighted by Crippen LogP contribution is 2.25. The number of pyridine rings is 1. The molecule has 8 heteroatoms. The van der Waals surface area contributed by atoms with Crippen LogP contribution in [0.15, 0.2) is 16.7 Å². The topological polar surface area (TPSA) is 77.3 Å². The molecule has 0 spiro atoms. The van der Waals surface area contributed by atoms with Gasteiger partial charge in [-0.25, -0.2) is 17.7 Å². The fraction of sp³-hybridized carbons (Fsp3) is 0.538. The van der Waals surface area contributed by atoms with E-state index in [2.05, 4.69) is 27.0 Å². The van der Waals surface area contributed by atoms with E-state index in [0.29, 0.717) is 24.5 Å². The lowest BCUT2D eigenvalue weighted by atomic mass is 10.0. The van der Waals surface area contributed by atoms with E-state index in [1.807, 2.05) is 4.90 Å². The highest BCUT2D eigenvalue weighted by Gasteiger charge is 2.28. The molecule has 1 aliphatic rings. The van der Waals surface area contributed by atoms with Gasteiger partial charge in [0.15, 0.2) is 0 Å². The first-order valence-corrected chi connectivity index (χ1v) is 9.20. The molecular weight excluding hydrogens is 356 g/mol. The molecule has 1 fully saturated rings. The van der Waals surface area contributed by atoms with Crippen molar-refractivity contribution in [3.8, 4) is 6.07 Å². The van der Waals surface area contributed by atoms with Crippen LogP contribution in [0.25, 0.3) is 0 Å². The van der Waals surface area contributed by atoms with Crippen LogP contribution >= 0.6 is 15.9 Å². The maximum absolute atomic E-state index is 11.6. The van der Waals surface area contributed by atoms with Crippen molar-refractivity contribution in [3.05, 3.63) is 22.3 Å². The summed E-state index contributed by atoms with van der Waals surface area (Å²) in [7, 11) is -1.54. The molecule has 2 rings (SSSR count). The molecule has 1 aromatic heterocycles. The maximum atomic E-state index is 11.6. The zero-order valence-corrected chi connectivity index (χ0v) is 14.4. The molecule has 0 amide bonds. The molecular formula is C13H17BrN4O2S. The number of anilines is 1. The van der Waals surface area contributed by atoms with Gasteiger partial charge in [0, 0.05) is 36.8 Å². The predicted octanol–water partition coefficient (Wildman–Crippen LogP) is 1.58. The number of halogens is 1. The molecule has 6 nitrogen and oxygen atoms in total. The molecule has 114 valence electrons. The van der Waals surface area contributed by atoms with E-state index >= 15 is 0 Å². The third kappa shape index (κ3) is 3.73. The van der Waals surface area contributed by atoms with Crippen LogP contribution in [-0.4, -0.2) is 50.1 Å². The van der Waals surface area contributed by atoms with Crippen molar-refractivity contribution in [1.82, 2.24) is 9.29 Å². The molecule has 0 saturated carbocycles. The predicted molar refractivity (Wildman–Crippen MR) is 84.5 cm³/mol. The third-order valence-electron chi connectivity index (χ3n) is 3.76. The second kappa shape index (κ2) is 6.30. The average molecular weight is 373 g/mol. The minimum absolute atomic E-state index is 0.0113. The number of nitriles is 1. The number of aromatic nitrogens is 1. The summed E-state index contributed by atoms with van der Waals surface area (Å²) in [6, 6.07) is 3.91. The lowest BCUT2D eigenvalue weighted by Gasteiger charge is -2.36. The average Bonchev–Trinajstić information content (AvgIpc) is 2.45. The van der Waals surface area contributed by atoms with Crippen molar-refractivity contribution in [2.45, 2.75) is 18.9 Å². The van der Waals surface area contributed by atoms with Gasteiger partial charge in [0.1, 0.15) is 11.9 Å². The van der Waals surface area contributed by atoms with E-state index < -0.39 is 10.0 Å². The number of sulfonamides is 1. The van der Waals surface area contributed by atoms with E-state index in [-0.39, 0.29) is 6.04 Å². The zero-order valence-electron chi connectivity index (χ0n) is 12.0. The Balaban J connectivity index is 2.10. The summed E-state index contributed by atoms with van der Waals surface area (Å²) in [5.74, 6) is 0.668. The molecule has 0 atom stereocenters. The molecule has 0 radical (unpaired) electrons. The zero-order chi connectivity index (χ0) is 15.6. The summed E-state index contributed by atoms with van der Waals surface area (Å²) in [6.07, 6.45) is 4.35. The van der Waals surface area contributed by atoms with E-state index in [4.69, 9.17) is 0 Å². The number of hydrogen-bond acceptors (Lipinski definition) is 5. The largest absolute Gasteiger partial charge is 0.355 e. The number of hydrogen-bond donors (Lipinski definition) is 0. The van der Waals surface area contributed by atoms with Crippen LogP contribution in [0.3, 0.4) is 0 Å². The van der Waals surface area contributed by atoms with Crippen molar-refractivity contribution in [2.75, 3.05) is 31.3 Å². The lowest BCUT2D eigenvalue weighted by molar-refractivity contribution is 0.313. The molecule has 0 aliphatic carbocycles. The minimum atomic E-state index is -3.16. The molecule has 0 bridgehead atoms. The third-order valence-corrected chi connectivity index (χ3v) is 5.53. The Morgan fingerprint density at radius 3 is 2.62 bits per heavy atom. The van der Waals surface area contributed by atoms with Crippen LogP contribution in [0.1, 0.15) is 18.4 Å². The molecule has 0 aromatic carbocycles. The van der Waals surface area contributed by atoms with E-state index in [9.17, 15) is 13.7 Å². The highest BCUT2D eigenvalue weighted by atomic mass is 79.9. The summed E-state index contributed by atoms with van der Waals surface area (Å²) >= 11 is 3.31. The minimum Gasteiger partial charge on any atom is -0.355 e. The van der Waals surface area contributed by atoms with Crippen molar-refractivity contribution in [2.24, 2.45) is 0 Å².